The second-order valence-electron chi connectivity index (χ2n) is 4.54. The molecular formula is C15H24Po. The van der Waals surface area contributed by atoms with Gasteiger partial charge in [0, 0.05) is 0 Å². The molecule has 0 heterocycles. The summed E-state index contributed by atoms with van der Waals surface area (Å²) in [5.74, 6) is 0. The SMILES string of the molecule is CCCCCCCCCc1cc[c]([PoH])cc1. The van der Waals surface area contributed by atoms with Gasteiger partial charge in [0.2, 0.25) is 0 Å². The van der Waals surface area contributed by atoms with E-state index < -0.39 is 0 Å². The van der Waals surface area contributed by atoms with E-state index in [0.29, 0.717) is 0 Å². The van der Waals surface area contributed by atoms with Crippen molar-refractivity contribution in [3.05, 3.63) is 29.8 Å². The fraction of sp³-hybridized carbons (Fsp3) is 0.600. The van der Waals surface area contributed by atoms with Crippen LogP contribution in [0, 0.1) is 0 Å². The van der Waals surface area contributed by atoms with Gasteiger partial charge < -0.3 is 0 Å². The molecule has 0 nitrogen and oxygen atoms in total. The topological polar surface area (TPSA) is 0 Å². The van der Waals surface area contributed by atoms with Crippen LogP contribution in [0.25, 0.3) is 0 Å². The van der Waals surface area contributed by atoms with Crippen molar-refractivity contribution in [3.8, 4) is 0 Å². The molecule has 0 bridgehead atoms. The van der Waals surface area contributed by atoms with Gasteiger partial charge in [-0.15, -0.1) is 0 Å². The number of hydrogen-bond donors (Lipinski definition) is 0. The van der Waals surface area contributed by atoms with Gasteiger partial charge in [0.05, 0.1) is 0 Å². The summed E-state index contributed by atoms with van der Waals surface area (Å²) in [6.07, 6.45) is 11.1. The van der Waals surface area contributed by atoms with Gasteiger partial charge in [-0.1, -0.05) is 6.92 Å². The van der Waals surface area contributed by atoms with E-state index in [4.69, 9.17) is 0 Å². The summed E-state index contributed by atoms with van der Waals surface area (Å²) < 4.78 is 1.48. The van der Waals surface area contributed by atoms with Crippen LogP contribution in [0.2, 0.25) is 0 Å². The third-order valence-corrected chi connectivity index (χ3v) is 4.16. The molecule has 0 fully saturated rings. The minimum absolute atomic E-state index is 1.27. The molecule has 0 saturated heterocycles. The van der Waals surface area contributed by atoms with Crippen LogP contribution in [0.1, 0.15) is 57.4 Å². The zero-order valence-electron chi connectivity index (χ0n) is 10.4. The molecule has 0 saturated carbocycles. The Labute approximate surface area is 116 Å². The molecule has 0 amide bonds. The Morgan fingerprint density at radius 3 is 2.00 bits per heavy atom. The van der Waals surface area contributed by atoms with Crippen LogP contribution < -0.4 is 3.22 Å². The standard InChI is InChI=1S/C15H23.Po.H/c1-2-3-4-5-6-7-9-12-15-13-10-8-11-14-15;;/h10-11,13-14H,2-7,9,12H2,1H3;;. The Balaban J connectivity index is 2.01. The van der Waals surface area contributed by atoms with Crippen LogP contribution in [0.5, 0.6) is 0 Å². The van der Waals surface area contributed by atoms with Crippen molar-refractivity contribution in [1.82, 2.24) is 0 Å². The fourth-order valence-electron chi connectivity index (χ4n) is 1.95. The molecule has 0 N–H and O–H groups in total. The molecule has 1 aromatic carbocycles. The van der Waals surface area contributed by atoms with Crippen molar-refractivity contribution in [3.63, 3.8) is 0 Å². The maximum atomic E-state index is 2.30. The summed E-state index contributed by atoms with van der Waals surface area (Å²) in [4.78, 5) is 0. The molecule has 0 atom stereocenters. The normalized spacial score (nSPS) is 10.6. The Morgan fingerprint density at radius 2 is 1.38 bits per heavy atom. The van der Waals surface area contributed by atoms with Gasteiger partial charge in [-0.2, -0.15) is 0 Å². The number of benzene rings is 1. The summed E-state index contributed by atoms with van der Waals surface area (Å²) in [5.41, 5.74) is 1.52. The molecule has 0 aromatic heterocycles. The van der Waals surface area contributed by atoms with Crippen LogP contribution in [0.3, 0.4) is 0 Å². The fourth-order valence-corrected chi connectivity index (χ4v) is 2.53. The van der Waals surface area contributed by atoms with E-state index in [2.05, 4.69) is 31.2 Å². The van der Waals surface area contributed by atoms with E-state index >= 15 is 0 Å². The second-order valence-corrected chi connectivity index (χ2v) is 6.55. The summed E-state index contributed by atoms with van der Waals surface area (Å²) >= 11 is 1.37. The quantitative estimate of drug-likeness (QED) is 0.573. The van der Waals surface area contributed by atoms with Crippen LogP contribution in [-0.2, 0) is 6.42 Å². The molecule has 1 heteroatoms. The summed E-state index contributed by atoms with van der Waals surface area (Å²) in [6, 6.07) is 9.13. The number of rotatable bonds is 8. The molecule has 1 rings (SSSR count). The van der Waals surface area contributed by atoms with E-state index in [9.17, 15) is 0 Å². The van der Waals surface area contributed by atoms with E-state index in [1.807, 2.05) is 0 Å². The van der Waals surface area contributed by atoms with Crippen molar-refractivity contribution < 1.29 is 0 Å². The van der Waals surface area contributed by atoms with Crippen molar-refractivity contribution in [2.75, 3.05) is 0 Å². The van der Waals surface area contributed by atoms with Crippen molar-refractivity contribution >= 4 is 28.3 Å². The van der Waals surface area contributed by atoms with Gasteiger partial charge in [-0.3, -0.25) is 0 Å². The van der Waals surface area contributed by atoms with E-state index in [0.717, 1.165) is 0 Å². The van der Waals surface area contributed by atoms with Crippen LogP contribution >= 0.6 is 0 Å². The Hall–Kier alpha value is 0.116. The molecule has 0 radical (unpaired) electrons. The van der Waals surface area contributed by atoms with Gasteiger partial charge in [0.15, 0.2) is 0 Å². The first kappa shape index (κ1) is 14.2. The average Bonchev–Trinajstić information content (AvgIpc) is 2.30. The Kier molecular flexibility index (Phi) is 8.13. The van der Waals surface area contributed by atoms with Gasteiger partial charge in [0.25, 0.3) is 0 Å². The summed E-state index contributed by atoms with van der Waals surface area (Å²) in [6.45, 7) is 2.28. The first-order chi connectivity index (χ1) is 7.83. The van der Waals surface area contributed by atoms with Crippen LogP contribution in [-0.4, -0.2) is 25.1 Å². The summed E-state index contributed by atoms with van der Waals surface area (Å²) in [5, 5.41) is 0. The average molecular weight is 413 g/mol. The predicted octanol–water partition coefficient (Wildman–Crippen LogP) is 3.51. The monoisotopic (exact) mass is 413 g/mol. The first-order valence-corrected chi connectivity index (χ1v) is 8.34. The van der Waals surface area contributed by atoms with Gasteiger partial charge in [-0.25, -0.2) is 0 Å². The summed E-state index contributed by atoms with van der Waals surface area (Å²) in [7, 11) is 0. The third kappa shape index (κ3) is 6.65. The predicted molar refractivity (Wildman–Crippen MR) is 74.9 cm³/mol. The number of aryl methyl sites for hydroxylation is 1. The van der Waals surface area contributed by atoms with Gasteiger partial charge >= 0.3 is 109 Å². The van der Waals surface area contributed by atoms with Crippen molar-refractivity contribution in [1.29, 1.82) is 0 Å². The molecule has 0 unspecified atom stereocenters. The Bertz CT molecular complexity index is 263. The molecule has 0 aliphatic rings. The zero-order chi connectivity index (χ0) is 11.6. The van der Waals surface area contributed by atoms with E-state index in [-0.39, 0.29) is 0 Å². The molecule has 0 aliphatic heterocycles. The first-order valence-electron chi connectivity index (χ1n) is 6.61. The van der Waals surface area contributed by atoms with E-state index in [1.54, 1.807) is 0 Å². The number of unbranched alkanes of at least 4 members (excludes halogenated alkanes) is 6. The molecule has 16 heavy (non-hydrogen) atoms. The van der Waals surface area contributed by atoms with Crippen LogP contribution in [0.15, 0.2) is 24.3 Å². The van der Waals surface area contributed by atoms with E-state index in [1.165, 1.54) is 85.2 Å². The molecule has 0 aliphatic carbocycles. The van der Waals surface area contributed by atoms with Gasteiger partial charge in [0.1, 0.15) is 0 Å². The zero-order valence-corrected chi connectivity index (χ0v) is 13.9. The number of hydrogen-bond acceptors (Lipinski definition) is 0. The van der Waals surface area contributed by atoms with Crippen molar-refractivity contribution in [2.45, 2.75) is 58.3 Å². The van der Waals surface area contributed by atoms with Crippen LogP contribution in [0.4, 0.5) is 0 Å². The molecular weight excluding hydrogens is 389 g/mol. The molecule has 90 valence electrons. The van der Waals surface area contributed by atoms with Gasteiger partial charge in [-0.05, 0) is 0 Å². The van der Waals surface area contributed by atoms with Crippen molar-refractivity contribution in [2.24, 2.45) is 0 Å². The molecule has 0 spiro atoms. The maximum absolute atomic E-state index is 2.30. The Morgan fingerprint density at radius 1 is 0.812 bits per heavy atom. The second kappa shape index (κ2) is 9.18. The third-order valence-electron chi connectivity index (χ3n) is 3.01. The minimum atomic E-state index is 1.27. The molecule has 1 aromatic rings.